The van der Waals surface area contributed by atoms with E-state index in [0.717, 1.165) is 12.1 Å². The average molecular weight is 339 g/mol. The van der Waals surface area contributed by atoms with Gasteiger partial charge in [0.25, 0.3) is 0 Å². The van der Waals surface area contributed by atoms with Crippen molar-refractivity contribution in [3.8, 4) is 5.75 Å². The summed E-state index contributed by atoms with van der Waals surface area (Å²) in [5, 5.41) is 5.70. The Kier molecular flexibility index (Phi) is 5.18. The Balaban J connectivity index is 1.65. The van der Waals surface area contributed by atoms with Gasteiger partial charge in [-0.1, -0.05) is 24.3 Å². The van der Waals surface area contributed by atoms with Gasteiger partial charge >= 0.3 is 6.03 Å². The number of para-hydroxylation sites is 1. The van der Waals surface area contributed by atoms with E-state index in [0.29, 0.717) is 24.4 Å². The van der Waals surface area contributed by atoms with Crippen LogP contribution in [-0.4, -0.2) is 36.5 Å². The van der Waals surface area contributed by atoms with E-state index < -0.39 is 6.04 Å². The Morgan fingerprint density at radius 3 is 2.56 bits per heavy atom. The van der Waals surface area contributed by atoms with E-state index in [-0.39, 0.29) is 11.9 Å². The monoisotopic (exact) mass is 339 g/mol. The summed E-state index contributed by atoms with van der Waals surface area (Å²) >= 11 is 0. The highest BCUT2D eigenvalue weighted by Gasteiger charge is 2.34. The number of urea groups is 1. The van der Waals surface area contributed by atoms with Crippen LogP contribution < -0.4 is 15.4 Å². The second-order valence-corrected chi connectivity index (χ2v) is 5.87. The van der Waals surface area contributed by atoms with Crippen LogP contribution in [0.3, 0.4) is 0 Å². The van der Waals surface area contributed by atoms with Gasteiger partial charge in [-0.2, -0.15) is 0 Å². The predicted molar refractivity (Wildman–Crippen MR) is 96.8 cm³/mol. The van der Waals surface area contributed by atoms with Crippen LogP contribution in [0.4, 0.5) is 16.2 Å². The number of benzene rings is 2. The van der Waals surface area contributed by atoms with Gasteiger partial charge in [-0.15, -0.1) is 0 Å². The Labute approximate surface area is 146 Å². The van der Waals surface area contributed by atoms with Crippen LogP contribution in [0.1, 0.15) is 12.8 Å². The third kappa shape index (κ3) is 4.09. The molecule has 2 aromatic rings. The largest absolute Gasteiger partial charge is 0.497 e. The molecule has 0 saturated carbocycles. The van der Waals surface area contributed by atoms with Crippen LogP contribution in [0.15, 0.2) is 54.6 Å². The normalized spacial score (nSPS) is 16.4. The molecule has 2 N–H and O–H groups in total. The molecule has 130 valence electrons. The summed E-state index contributed by atoms with van der Waals surface area (Å²) in [5.74, 6) is 0.502. The maximum atomic E-state index is 12.6. The zero-order valence-electron chi connectivity index (χ0n) is 14.1. The second-order valence-electron chi connectivity index (χ2n) is 5.87. The highest BCUT2D eigenvalue weighted by molar-refractivity contribution is 5.99. The molecule has 1 heterocycles. The number of ether oxygens (including phenoxy) is 1. The Morgan fingerprint density at radius 2 is 1.80 bits per heavy atom. The van der Waals surface area contributed by atoms with Crippen molar-refractivity contribution in [1.82, 2.24) is 4.90 Å². The predicted octanol–water partition coefficient (Wildman–Crippen LogP) is 3.33. The third-order valence-corrected chi connectivity index (χ3v) is 4.18. The number of carbonyl (C=O) groups excluding carboxylic acids is 2. The van der Waals surface area contributed by atoms with E-state index in [9.17, 15) is 9.59 Å². The minimum Gasteiger partial charge on any atom is -0.497 e. The fourth-order valence-corrected chi connectivity index (χ4v) is 2.93. The molecular weight excluding hydrogens is 318 g/mol. The molecule has 1 aliphatic rings. The van der Waals surface area contributed by atoms with E-state index in [1.807, 2.05) is 36.4 Å². The standard InChI is InChI=1S/C19H21N3O3/c1-25-16-10-5-9-15(13-16)21-19(24)22-12-6-11-17(22)18(23)20-14-7-3-2-4-8-14/h2-5,7-10,13,17H,6,11-12H2,1H3,(H,20,23)(H,21,24)/t17-/m0/s1. The topological polar surface area (TPSA) is 70.7 Å². The second kappa shape index (κ2) is 7.70. The molecule has 1 saturated heterocycles. The Bertz CT molecular complexity index is 749. The minimum absolute atomic E-state index is 0.163. The number of methoxy groups -OCH3 is 1. The number of nitrogens with zero attached hydrogens (tertiary/aromatic N) is 1. The van der Waals surface area contributed by atoms with E-state index in [2.05, 4.69) is 10.6 Å². The van der Waals surface area contributed by atoms with Crippen molar-refractivity contribution in [2.75, 3.05) is 24.3 Å². The summed E-state index contributed by atoms with van der Waals surface area (Å²) in [6.45, 7) is 0.558. The SMILES string of the molecule is COc1cccc(NC(=O)N2CCC[C@H]2C(=O)Nc2ccccc2)c1. The van der Waals surface area contributed by atoms with E-state index in [4.69, 9.17) is 4.74 Å². The van der Waals surface area contributed by atoms with Crippen LogP contribution >= 0.6 is 0 Å². The zero-order valence-corrected chi connectivity index (χ0v) is 14.1. The Morgan fingerprint density at radius 1 is 1.04 bits per heavy atom. The molecule has 1 atom stereocenters. The molecule has 0 radical (unpaired) electrons. The molecular formula is C19H21N3O3. The van der Waals surface area contributed by atoms with Gasteiger partial charge in [-0.25, -0.2) is 4.79 Å². The smallest absolute Gasteiger partial charge is 0.322 e. The number of hydrogen-bond donors (Lipinski definition) is 2. The quantitative estimate of drug-likeness (QED) is 0.897. The fourth-order valence-electron chi connectivity index (χ4n) is 2.93. The van der Waals surface area contributed by atoms with Gasteiger partial charge < -0.3 is 20.3 Å². The molecule has 0 unspecified atom stereocenters. The van der Waals surface area contributed by atoms with Gasteiger partial charge in [0.1, 0.15) is 11.8 Å². The Hall–Kier alpha value is -3.02. The molecule has 3 amide bonds. The molecule has 0 aliphatic carbocycles. The number of anilines is 2. The van der Waals surface area contributed by atoms with Gasteiger partial charge in [0.05, 0.1) is 7.11 Å². The maximum Gasteiger partial charge on any atom is 0.322 e. The van der Waals surface area contributed by atoms with Crippen molar-refractivity contribution in [2.45, 2.75) is 18.9 Å². The number of nitrogens with one attached hydrogen (secondary N) is 2. The van der Waals surface area contributed by atoms with Crippen LogP contribution in [0.2, 0.25) is 0 Å². The van der Waals surface area contributed by atoms with Crippen LogP contribution in [0.25, 0.3) is 0 Å². The molecule has 2 aromatic carbocycles. The van der Waals surface area contributed by atoms with E-state index >= 15 is 0 Å². The number of likely N-dealkylation sites (tertiary alicyclic amines) is 1. The molecule has 1 aliphatic heterocycles. The molecule has 1 fully saturated rings. The highest BCUT2D eigenvalue weighted by Crippen LogP contribution is 2.22. The van der Waals surface area contributed by atoms with Crippen molar-refractivity contribution >= 4 is 23.3 Å². The van der Waals surface area contributed by atoms with Gasteiger partial charge in [0.15, 0.2) is 0 Å². The first kappa shape index (κ1) is 16.8. The average Bonchev–Trinajstić information content (AvgIpc) is 3.13. The maximum absolute atomic E-state index is 12.6. The van der Waals surface area contributed by atoms with Crippen LogP contribution in [-0.2, 0) is 4.79 Å². The first-order valence-electron chi connectivity index (χ1n) is 8.25. The molecule has 0 bridgehead atoms. The molecule has 3 rings (SSSR count). The lowest BCUT2D eigenvalue weighted by molar-refractivity contribution is -0.119. The van der Waals surface area contributed by atoms with Crippen molar-refractivity contribution < 1.29 is 14.3 Å². The number of hydrogen-bond acceptors (Lipinski definition) is 3. The van der Waals surface area contributed by atoms with Gasteiger partial charge in [0.2, 0.25) is 5.91 Å². The van der Waals surface area contributed by atoms with Crippen molar-refractivity contribution in [3.05, 3.63) is 54.6 Å². The number of carbonyl (C=O) groups is 2. The van der Waals surface area contributed by atoms with Crippen molar-refractivity contribution in [3.63, 3.8) is 0 Å². The summed E-state index contributed by atoms with van der Waals surface area (Å²) < 4.78 is 5.16. The molecule has 0 aromatic heterocycles. The van der Waals surface area contributed by atoms with Crippen molar-refractivity contribution in [2.24, 2.45) is 0 Å². The van der Waals surface area contributed by atoms with Gasteiger partial charge in [0, 0.05) is 24.0 Å². The van der Waals surface area contributed by atoms with Gasteiger partial charge in [-0.05, 0) is 37.1 Å². The summed E-state index contributed by atoms with van der Waals surface area (Å²) in [6.07, 6.45) is 1.46. The number of amides is 3. The van der Waals surface area contributed by atoms with E-state index in [1.54, 1.807) is 30.2 Å². The van der Waals surface area contributed by atoms with Crippen LogP contribution in [0.5, 0.6) is 5.75 Å². The van der Waals surface area contributed by atoms with Crippen LogP contribution in [0, 0.1) is 0 Å². The summed E-state index contributed by atoms with van der Waals surface area (Å²) in [5.41, 5.74) is 1.37. The fraction of sp³-hybridized carbons (Fsp3) is 0.263. The number of rotatable bonds is 4. The summed E-state index contributed by atoms with van der Waals surface area (Å²) in [6, 6.07) is 15.7. The first-order chi connectivity index (χ1) is 12.2. The molecule has 6 nitrogen and oxygen atoms in total. The molecule has 0 spiro atoms. The van der Waals surface area contributed by atoms with E-state index in [1.165, 1.54) is 0 Å². The summed E-state index contributed by atoms with van der Waals surface area (Å²) in [7, 11) is 1.57. The lowest BCUT2D eigenvalue weighted by Gasteiger charge is -2.24. The molecule has 6 heteroatoms. The highest BCUT2D eigenvalue weighted by atomic mass is 16.5. The summed E-state index contributed by atoms with van der Waals surface area (Å²) in [4.78, 5) is 26.7. The van der Waals surface area contributed by atoms with Crippen molar-refractivity contribution in [1.29, 1.82) is 0 Å². The lowest BCUT2D eigenvalue weighted by atomic mass is 10.2. The lowest BCUT2D eigenvalue weighted by Crippen LogP contribution is -2.45. The minimum atomic E-state index is -0.467. The molecule has 25 heavy (non-hydrogen) atoms. The first-order valence-corrected chi connectivity index (χ1v) is 8.25. The zero-order chi connectivity index (χ0) is 17.6. The third-order valence-electron chi connectivity index (χ3n) is 4.18. The van der Waals surface area contributed by atoms with Gasteiger partial charge in [-0.3, -0.25) is 4.79 Å².